The second-order valence-corrected chi connectivity index (χ2v) is 15.7. The van der Waals surface area contributed by atoms with Crippen LogP contribution < -0.4 is 10.2 Å². The zero-order chi connectivity index (χ0) is 35.4. The van der Waals surface area contributed by atoms with Crippen molar-refractivity contribution in [3.63, 3.8) is 0 Å². The molecule has 50 heavy (non-hydrogen) atoms. The van der Waals surface area contributed by atoms with E-state index in [0.717, 1.165) is 47.7 Å². The number of benzene rings is 1. The smallest absolute Gasteiger partial charge is 0.310 e. The molecule has 2 aromatic heterocycles. The van der Waals surface area contributed by atoms with Gasteiger partial charge in [0.15, 0.2) is 5.82 Å². The maximum absolute atomic E-state index is 13.5. The monoisotopic (exact) mass is 683 g/mol. The van der Waals surface area contributed by atoms with E-state index in [9.17, 15) is 19.5 Å². The van der Waals surface area contributed by atoms with E-state index in [4.69, 9.17) is 9.97 Å². The summed E-state index contributed by atoms with van der Waals surface area (Å²) in [6, 6.07) is 6.86. The molecule has 0 radical (unpaired) electrons. The predicted octanol–water partition coefficient (Wildman–Crippen LogP) is 5.80. The molecule has 3 aromatic rings. The Kier molecular flexibility index (Phi) is 10.9. The van der Waals surface area contributed by atoms with Crippen molar-refractivity contribution >= 4 is 23.5 Å². The molecule has 3 fully saturated rings. The summed E-state index contributed by atoms with van der Waals surface area (Å²) >= 11 is 0. The number of aliphatic carboxylic acids is 1. The van der Waals surface area contributed by atoms with E-state index in [1.54, 1.807) is 10.9 Å². The number of piperidine rings is 1. The van der Waals surface area contributed by atoms with Gasteiger partial charge in [-0.2, -0.15) is 5.10 Å². The highest BCUT2D eigenvalue weighted by Gasteiger charge is 2.39. The molecule has 2 saturated heterocycles. The maximum Gasteiger partial charge on any atom is 0.310 e. The first-order valence-electron chi connectivity index (χ1n) is 18.5. The molecule has 0 unspecified atom stereocenters. The van der Waals surface area contributed by atoms with E-state index < -0.39 is 23.8 Å². The van der Waals surface area contributed by atoms with Crippen LogP contribution >= 0.6 is 0 Å². The van der Waals surface area contributed by atoms with Gasteiger partial charge in [-0.05, 0) is 69.8 Å². The minimum atomic E-state index is -0.922. The fraction of sp³-hybridized carbons (Fsp3) is 0.590. The molecular formula is C39H53N7O4. The normalized spacial score (nSPS) is 21.0. The summed E-state index contributed by atoms with van der Waals surface area (Å²) in [5.74, 6) is 1.12. The Morgan fingerprint density at radius 1 is 0.920 bits per heavy atom. The third-order valence-corrected chi connectivity index (χ3v) is 11.1. The number of hydrogen-bond donors (Lipinski definition) is 2. The minimum absolute atomic E-state index is 0.132. The molecule has 0 spiro atoms. The van der Waals surface area contributed by atoms with Gasteiger partial charge in [-0.1, -0.05) is 56.9 Å². The van der Waals surface area contributed by atoms with Crippen molar-refractivity contribution in [2.45, 2.75) is 97.1 Å². The summed E-state index contributed by atoms with van der Waals surface area (Å²) < 4.78 is 1.71. The first-order valence-corrected chi connectivity index (χ1v) is 18.5. The number of carboxylic acids is 1. The Morgan fingerprint density at radius 2 is 1.56 bits per heavy atom. The Bertz CT molecular complexity index is 1610. The van der Waals surface area contributed by atoms with E-state index in [2.05, 4.69) is 22.2 Å². The van der Waals surface area contributed by atoms with Crippen molar-refractivity contribution in [3.8, 4) is 11.4 Å². The number of amides is 2. The molecule has 6 rings (SSSR count). The Morgan fingerprint density at radius 3 is 2.14 bits per heavy atom. The van der Waals surface area contributed by atoms with Crippen molar-refractivity contribution in [2.24, 2.45) is 23.7 Å². The van der Waals surface area contributed by atoms with Crippen molar-refractivity contribution in [1.82, 2.24) is 30.0 Å². The van der Waals surface area contributed by atoms with Crippen molar-refractivity contribution < 1.29 is 19.5 Å². The van der Waals surface area contributed by atoms with Crippen LogP contribution in [0, 0.1) is 23.7 Å². The largest absolute Gasteiger partial charge is 0.481 e. The number of aromatic nitrogens is 4. The molecule has 11 nitrogen and oxygen atoms in total. The van der Waals surface area contributed by atoms with Crippen LogP contribution in [0.2, 0.25) is 0 Å². The van der Waals surface area contributed by atoms with Gasteiger partial charge >= 0.3 is 5.97 Å². The lowest BCUT2D eigenvalue weighted by molar-refractivity contribution is -0.153. The first kappa shape index (κ1) is 35.5. The maximum atomic E-state index is 13.5. The van der Waals surface area contributed by atoms with Crippen LogP contribution in [0.1, 0.15) is 95.0 Å². The third-order valence-electron chi connectivity index (χ3n) is 11.1. The van der Waals surface area contributed by atoms with Gasteiger partial charge in [0, 0.05) is 44.4 Å². The molecule has 3 aliphatic rings. The summed E-state index contributed by atoms with van der Waals surface area (Å²) in [7, 11) is 0. The molecule has 0 bridgehead atoms. The molecule has 2 aliphatic heterocycles. The lowest BCUT2D eigenvalue weighted by Gasteiger charge is -2.39. The molecule has 1 atom stereocenters. The van der Waals surface area contributed by atoms with Crippen molar-refractivity contribution in [1.29, 1.82) is 0 Å². The van der Waals surface area contributed by atoms with Crippen LogP contribution in [-0.4, -0.2) is 79.8 Å². The number of likely N-dealkylation sites (tertiary alicyclic amines) is 1. The van der Waals surface area contributed by atoms with Gasteiger partial charge in [-0.3, -0.25) is 19.1 Å². The zero-order valence-corrected chi connectivity index (χ0v) is 30.1. The van der Waals surface area contributed by atoms with Gasteiger partial charge in [-0.15, -0.1) is 0 Å². The minimum Gasteiger partial charge on any atom is -0.481 e. The van der Waals surface area contributed by atoms with E-state index in [1.165, 1.54) is 62.5 Å². The number of carbonyl (C=O) groups excluding carboxylic acids is 2. The number of carboxylic acid groups (broad SMARTS) is 1. The quantitative estimate of drug-likeness (QED) is 0.259. The Labute approximate surface area is 295 Å². The van der Waals surface area contributed by atoms with Crippen LogP contribution in [0.25, 0.3) is 11.4 Å². The third kappa shape index (κ3) is 8.36. The van der Waals surface area contributed by atoms with E-state index in [0.29, 0.717) is 11.4 Å². The van der Waals surface area contributed by atoms with Gasteiger partial charge in [0.1, 0.15) is 6.04 Å². The standard InChI is InChI=1S/C39H53N7O4/c1-5-6-26-7-11-28(12-8-26)29-15-17-44(18-16-29)33-21-40-35(41-22-33)30-13-9-27(10-14-30)19-34(37(48)45-23-32(24-45)38(49)50)43-36(47)31-20-42-46(25-31)39(2,3)4/h9-10,13-14,20-22,25-26,28-29,32,34H,5-8,11-12,15-19,23-24H2,1-4H3,(H,43,47)(H,49,50)/t26-,28-,34-/m0/s1. The van der Waals surface area contributed by atoms with Crippen LogP contribution in [0.15, 0.2) is 49.1 Å². The van der Waals surface area contributed by atoms with Crippen LogP contribution in [0.3, 0.4) is 0 Å². The average molecular weight is 684 g/mol. The summed E-state index contributed by atoms with van der Waals surface area (Å²) in [4.78, 5) is 51.4. The van der Waals surface area contributed by atoms with Gasteiger partial charge in [0.2, 0.25) is 5.91 Å². The molecular weight excluding hydrogens is 630 g/mol. The summed E-state index contributed by atoms with van der Waals surface area (Å²) in [5.41, 5.74) is 2.84. The molecule has 2 amide bonds. The van der Waals surface area contributed by atoms with Gasteiger partial charge < -0.3 is 20.2 Å². The molecule has 1 aliphatic carbocycles. The summed E-state index contributed by atoms with van der Waals surface area (Å²) in [5, 5.41) is 16.5. The van der Waals surface area contributed by atoms with Gasteiger partial charge in [-0.25, -0.2) is 9.97 Å². The summed E-state index contributed by atoms with van der Waals surface area (Å²) in [6.45, 7) is 10.6. The average Bonchev–Trinajstić information content (AvgIpc) is 3.60. The topological polar surface area (TPSA) is 134 Å². The fourth-order valence-corrected chi connectivity index (χ4v) is 7.93. The lowest BCUT2D eigenvalue weighted by Crippen LogP contribution is -2.59. The number of anilines is 1. The summed E-state index contributed by atoms with van der Waals surface area (Å²) in [6.07, 6.45) is 18.1. The predicted molar refractivity (Wildman–Crippen MR) is 193 cm³/mol. The number of nitrogens with zero attached hydrogens (tertiary/aromatic N) is 6. The second-order valence-electron chi connectivity index (χ2n) is 15.7. The second kappa shape index (κ2) is 15.3. The number of rotatable bonds is 11. The molecule has 2 N–H and O–H groups in total. The van der Waals surface area contributed by atoms with E-state index in [1.807, 2.05) is 57.4 Å². The highest BCUT2D eigenvalue weighted by atomic mass is 16.4. The van der Waals surface area contributed by atoms with Crippen molar-refractivity contribution in [2.75, 3.05) is 31.1 Å². The van der Waals surface area contributed by atoms with Crippen molar-refractivity contribution in [3.05, 3.63) is 60.2 Å². The Balaban J connectivity index is 1.06. The van der Waals surface area contributed by atoms with E-state index in [-0.39, 0.29) is 31.0 Å². The van der Waals surface area contributed by atoms with Gasteiger partial charge in [0.05, 0.1) is 41.3 Å². The molecule has 4 heterocycles. The molecule has 1 saturated carbocycles. The zero-order valence-electron chi connectivity index (χ0n) is 30.1. The number of hydrogen-bond acceptors (Lipinski definition) is 7. The lowest BCUT2D eigenvalue weighted by atomic mass is 9.72. The first-order chi connectivity index (χ1) is 24.0. The van der Waals surface area contributed by atoms with Gasteiger partial charge in [0.25, 0.3) is 5.91 Å². The molecule has 11 heteroatoms. The highest BCUT2D eigenvalue weighted by Crippen LogP contribution is 2.39. The number of nitrogens with one attached hydrogen (secondary N) is 1. The van der Waals surface area contributed by atoms with Crippen LogP contribution in [0.4, 0.5) is 5.69 Å². The molecule has 268 valence electrons. The fourth-order valence-electron chi connectivity index (χ4n) is 7.93. The highest BCUT2D eigenvalue weighted by molar-refractivity contribution is 5.97. The number of carbonyl (C=O) groups is 3. The van der Waals surface area contributed by atoms with E-state index >= 15 is 0 Å². The Hall–Kier alpha value is -4.28. The SMILES string of the molecule is CCC[C@H]1CC[C@H](C2CCN(c3cnc(-c4ccc(C[C@H](NC(=O)c5cnn(C(C)(C)C)c5)C(=O)N5CC(C(=O)O)C5)cc4)nc3)CC2)CC1. The molecule has 1 aromatic carbocycles. The van der Waals surface area contributed by atoms with Crippen LogP contribution in [0.5, 0.6) is 0 Å². The van der Waals surface area contributed by atoms with Crippen LogP contribution in [-0.2, 0) is 21.5 Å².